The van der Waals surface area contributed by atoms with E-state index in [1.54, 1.807) is 6.20 Å². The number of aromatic nitrogens is 2. The summed E-state index contributed by atoms with van der Waals surface area (Å²) < 4.78 is 0. The summed E-state index contributed by atoms with van der Waals surface area (Å²) in [4.78, 5) is 37.1. The number of hydrogen-bond donors (Lipinski definition) is 1. The molecule has 182 valence electrons. The number of amides is 2. The lowest BCUT2D eigenvalue weighted by Crippen LogP contribution is -2.40. The molecule has 3 aromatic rings. The molecule has 0 saturated carbocycles. The van der Waals surface area contributed by atoms with Crippen LogP contribution in [-0.2, 0) is 11.3 Å². The molecule has 2 amide bonds. The van der Waals surface area contributed by atoms with E-state index in [1.807, 2.05) is 49.1 Å². The molecule has 1 fully saturated rings. The van der Waals surface area contributed by atoms with E-state index in [9.17, 15) is 9.59 Å². The van der Waals surface area contributed by atoms with E-state index >= 15 is 0 Å². The highest BCUT2D eigenvalue weighted by Crippen LogP contribution is 2.30. The second-order valence-corrected chi connectivity index (χ2v) is 9.63. The molecule has 1 unspecified atom stereocenters. The Morgan fingerprint density at radius 1 is 1.03 bits per heavy atom. The maximum Gasteiger partial charge on any atom is 0.254 e. The first kappa shape index (κ1) is 24.6. The van der Waals surface area contributed by atoms with Gasteiger partial charge in [0.05, 0.1) is 17.2 Å². The predicted molar refractivity (Wildman–Crippen MR) is 137 cm³/mol. The van der Waals surface area contributed by atoms with Gasteiger partial charge in [0.25, 0.3) is 5.91 Å². The minimum Gasteiger partial charge on any atom is -0.348 e. The molecule has 1 saturated heterocycles. The standard InChI is InChI=1S/C29H34N4O2/c1-19-14-20(2)16-23(15-19)17-31-28(34)26-18-30-22(4)32-27(26)25-10-12-33(13-11-25)29(35)21(3)24-8-6-5-7-9-24/h5-9,14-16,18,21,25H,10-13,17H2,1-4H3,(H,31,34). The molecule has 6 heteroatoms. The van der Waals surface area contributed by atoms with Crippen LogP contribution >= 0.6 is 0 Å². The average Bonchev–Trinajstić information content (AvgIpc) is 2.86. The number of carbonyl (C=O) groups is 2. The van der Waals surface area contributed by atoms with Crippen LogP contribution in [0.5, 0.6) is 0 Å². The van der Waals surface area contributed by atoms with Crippen LogP contribution in [0.3, 0.4) is 0 Å². The summed E-state index contributed by atoms with van der Waals surface area (Å²) in [5.41, 5.74) is 5.78. The van der Waals surface area contributed by atoms with Crippen LogP contribution in [0.2, 0.25) is 0 Å². The van der Waals surface area contributed by atoms with Crippen molar-refractivity contribution in [2.24, 2.45) is 0 Å². The summed E-state index contributed by atoms with van der Waals surface area (Å²) in [5.74, 6) is 0.604. The Labute approximate surface area is 207 Å². The maximum atomic E-state index is 13.1. The van der Waals surface area contributed by atoms with Gasteiger partial charge < -0.3 is 10.2 Å². The second-order valence-electron chi connectivity index (χ2n) is 9.63. The number of carbonyl (C=O) groups excluding carboxylic acids is 2. The molecule has 0 aliphatic carbocycles. The van der Waals surface area contributed by atoms with E-state index in [4.69, 9.17) is 0 Å². The summed E-state index contributed by atoms with van der Waals surface area (Å²) in [6.07, 6.45) is 3.20. The van der Waals surface area contributed by atoms with Crippen LogP contribution in [0.25, 0.3) is 0 Å². The Morgan fingerprint density at radius 2 is 1.69 bits per heavy atom. The Morgan fingerprint density at radius 3 is 2.34 bits per heavy atom. The van der Waals surface area contributed by atoms with E-state index in [-0.39, 0.29) is 23.7 Å². The summed E-state index contributed by atoms with van der Waals surface area (Å²) in [5, 5.41) is 3.05. The minimum absolute atomic E-state index is 0.120. The van der Waals surface area contributed by atoms with Gasteiger partial charge in [-0.2, -0.15) is 0 Å². The first-order valence-electron chi connectivity index (χ1n) is 12.3. The third-order valence-corrected chi connectivity index (χ3v) is 6.78. The lowest BCUT2D eigenvalue weighted by molar-refractivity contribution is -0.133. The number of likely N-dealkylation sites (tertiary alicyclic amines) is 1. The molecule has 0 radical (unpaired) electrons. The van der Waals surface area contributed by atoms with Crippen LogP contribution in [0.1, 0.15) is 75.7 Å². The SMILES string of the molecule is Cc1cc(C)cc(CNC(=O)c2cnc(C)nc2C2CCN(C(=O)C(C)c3ccccc3)CC2)c1. The topological polar surface area (TPSA) is 75.2 Å². The predicted octanol–water partition coefficient (Wildman–Crippen LogP) is 4.84. The van der Waals surface area contributed by atoms with Crippen molar-refractivity contribution in [3.63, 3.8) is 0 Å². The number of aryl methyl sites for hydroxylation is 3. The van der Waals surface area contributed by atoms with E-state index in [2.05, 4.69) is 47.3 Å². The molecule has 1 aromatic heterocycles. The van der Waals surface area contributed by atoms with Gasteiger partial charge >= 0.3 is 0 Å². The van der Waals surface area contributed by atoms with E-state index < -0.39 is 0 Å². The first-order valence-corrected chi connectivity index (χ1v) is 12.3. The Balaban J connectivity index is 1.43. The molecule has 35 heavy (non-hydrogen) atoms. The zero-order chi connectivity index (χ0) is 24.9. The number of nitrogens with one attached hydrogen (secondary N) is 1. The van der Waals surface area contributed by atoms with Crippen LogP contribution in [-0.4, -0.2) is 39.8 Å². The second kappa shape index (κ2) is 10.8. The molecule has 6 nitrogen and oxygen atoms in total. The minimum atomic E-state index is -0.166. The molecule has 0 spiro atoms. The number of rotatable bonds is 6. The van der Waals surface area contributed by atoms with Crippen molar-refractivity contribution in [2.45, 2.75) is 58.9 Å². The molecule has 0 bridgehead atoms. The van der Waals surface area contributed by atoms with Crippen molar-refractivity contribution in [3.8, 4) is 0 Å². The van der Waals surface area contributed by atoms with Gasteiger partial charge in [0, 0.05) is 31.7 Å². The Bertz CT molecular complexity index is 1180. The molecular formula is C29H34N4O2. The lowest BCUT2D eigenvalue weighted by atomic mass is 9.89. The Hall–Kier alpha value is -3.54. The number of piperidine rings is 1. The maximum absolute atomic E-state index is 13.1. The molecule has 1 aliphatic heterocycles. The summed E-state index contributed by atoms with van der Waals surface area (Å²) >= 11 is 0. The summed E-state index contributed by atoms with van der Waals surface area (Å²) in [6, 6.07) is 16.2. The van der Waals surface area contributed by atoms with Crippen molar-refractivity contribution in [2.75, 3.05) is 13.1 Å². The number of benzene rings is 2. The van der Waals surface area contributed by atoms with Crippen LogP contribution in [0.15, 0.2) is 54.7 Å². The van der Waals surface area contributed by atoms with Crippen molar-refractivity contribution >= 4 is 11.8 Å². The van der Waals surface area contributed by atoms with Crippen molar-refractivity contribution in [1.82, 2.24) is 20.2 Å². The quantitative estimate of drug-likeness (QED) is 0.559. The number of hydrogen-bond acceptors (Lipinski definition) is 4. The summed E-state index contributed by atoms with van der Waals surface area (Å²) in [7, 11) is 0. The fourth-order valence-electron chi connectivity index (χ4n) is 4.95. The highest BCUT2D eigenvalue weighted by atomic mass is 16.2. The van der Waals surface area contributed by atoms with Crippen LogP contribution < -0.4 is 5.32 Å². The van der Waals surface area contributed by atoms with Gasteiger partial charge in [0.1, 0.15) is 5.82 Å². The first-order chi connectivity index (χ1) is 16.8. The zero-order valence-electron chi connectivity index (χ0n) is 21.0. The largest absolute Gasteiger partial charge is 0.348 e. The molecule has 4 rings (SSSR count). The van der Waals surface area contributed by atoms with Crippen LogP contribution in [0, 0.1) is 20.8 Å². The number of nitrogens with zero attached hydrogens (tertiary/aromatic N) is 3. The normalized spacial score (nSPS) is 15.0. The van der Waals surface area contributed by atoms with Crippen molar-refractivity contribution < 1.29 is 9.59 Å². The zero-order valence-corrected chi connectivity index (χ0v) is 21.0. The third kappa shape index (κ3) is 5.94. The van der Waals surface area contributed by atoms with Gasteiger partial charge in [-0.25, -0.2) is 9.97 Å². The average molecular weight is 471 g/mol. The van der Waals surface area contributed by atoms with Crippen molar-refractivity contribution in [3.05, 3.63) is 94.1 Å². The molecule has 1 atom stereocenters. The highest BCUT2D eigenvalue weighted by molar-refractivity contribution is 5.95. The fourth-order valence-corrected chi connectivity index (χ4v) is 4.95. The van der Waals surface area contributed by atoms with E-state index in [1.165, 1.54) is 11.1 Å². The molecule has 2 aromatic carbocycles. The lowest BCUT2D eigenvalue weighted by Gasteiger charge is -2.34. The van der Waals surface area contributed by atoms with Gasteiger partial charge in [-0.1, -0.05) is 59.7 Å². The smallest absolute Gasteiger partial charge is 0.254 e. The van der Waals surface area contributed by atoms with E-state index in [0.29, 0.717) is 31.0 Å². The Kier molecular flexibility index (Phi) is 7.59. The monoisotopic (exact) mass is 470 g/mol. The molecular weight excluding hydrogens is 436 g/mol. The van der Waals surface area contributed by atoms with Gasteiger partial charge in [-0.3, -0.25) is 9.59 Å². The molecule has 1 N–H and O–H groups in total. The van der Waals surface area contributed by atoms with E-state index in [0.717, 1.165) is 29.7 Å². The van der Waals surface area contributed by atoms with Crippen molar-refractivity contribution in [1.29, 1.82) is 0 Å². The van der Waals surface area contributed by atoms with Gasteiger partial charge in [-0.05, 0) is 51.7 Å². The van der Waals surface area contributed by atoms with Crippen LogP contribution in [0.4, 0.5) is 0 Å². The third-order valence-electron chi connectivity index (χ3n) is 6.78. The van der Waals surface area contributed by atoms with Gasteiger partial charge in [-0.15, -0.1) is 0 Å². The molecule has 2 heterocycles. The van der Waals surface area contributed by atoms with Gasteiger partial charge in [0.2, 0.25) is 5.91 Å². The summed E-state index contributed by atoms with van der Waals surface area (Å²) in [6.45, 7) is 9.71. The molecule has 1 aliphatic rings. The highest BCUT2D eigenvalue weighted by Gasteiger charge is 2.30. The fraction of sp³-hybridized carbons (Fsp3) is 0.379. The van der Waals surface area contributed by atoms with Gasteiger partial charge in [0.15, 0.2) is 0 Å².